The van der Waals surface area contributed by atoms with E-state index in [-0.39, 0.29) is 5.91 Å². The summed E-state index contributed by atoms with van der Waals surface area (Å²) in [5.74, 6) is 0.958. The predicted molar refractivity (Wildman–Crippen MR) is 64.3 cm³/mol. The molecule has 1 amide bonds. The molecule has 0 N–H and O–H groups in total. The number of carbonyl (C=O) groups is 1. The SMILES string of the molecule is O=C(CCS)N1CCN2CCCCC2C1. The van der Waals surface area contributed by atoms with Gasteiger partial charge in [-0.1, -0.05) is 6.42 Å². The Labute approximate surface area is 97.2 Å². The van der Waals surface area contributed by atoms with Crippen LogP contribution in [0.4, 0.5) is 0 Å². The predicted octanol–water partition coefficient (Wildman–Crippen LogP) is 1.00. The van der Waals surface area contributed by atoms with Crippen LogP contribution in [0.2, 0.25) is 0 Å². The van der Waals surface area contributed by atoms with Crippen molar-refractivity contribution in [1.29, 1.82) is 0 Å². The molecule has 2 heterocycles. The molecule has 2 aliphatic rings. The van der Waals surface area contributed by atoms with Gasteiger partial charge in [0.25, 0.3) is 0 Å². The Bertz CT molecular complexity index is 235. The van der Waals surface area contributed by atoms with Crippen molar-refractivity contribution >= 4 is 18.5 Å². The smallest absolute Gasteiger partial charge is 0.223 e. The van der Waals surface area contributed by atoms with E-state index in [1.54, 1.807) is 0 Å². The van der Waals surface area contributed by atoms with E-state index in [0.29, 0.717) is 18.2 Å². The van der Waals surface area contributed by atoms with Crippen LogP contribution in [0.3, 0.4) is 0 Å². The molecule has 1 atom stereocenters. The van der Waals surface area contributed by atoms with Crippen LogP contribution in [-0.2, 0) is 4.79 Å². The average molecular weight is 228 g/mol. The van der Waals surface area contributed by atoms with Crippen LogP contribution in [0.25, 0.3) is 0 Å². The summed E-state index contributed by atoms with van der Waals surface area (Å²) < 4.78 is 0. The normalized spacial score (nSPS) is 27.5. The molecule has 15 heavy (non-hydrogen) atoms. The van der Waals surface area contributed by atoms with Crippen LogP contribution in [0.1, 0.15) is 25.7 Å². The van der Waals surface area contributed by atoms with Gasteiger partial charge in [-0.3, -0.25) is 9.69 Å². The van der Waals surface area contributed by atoms with Gasteiger partial charge >= 0.3 is 0 Å². The number of rotatable bonds is 2. The van der Waals surface area contributed by atoms with Crippen molar-refractivity contribution in [2.45, 2.75) is 31.7 Å². The van der Waals surface area contributed by atoms with E-state index in [1.165, 1.54) is 25.8 Å². The zero-order chi connectivity index (χ0) is 10.7. The summed E-state index contributed by atoms with van der Waals surface area (Å²) in [7, 11) is 0. The van der Waals surface area contributed by atoms with E-state index in [0.717, 1.165) is 19.6 Å². The molecule has 2 fully saturated rings. The summed E-state index contributed by atoms with van der Waals surface area (Å²) in [6.45, 7) is 4.18. The molecule has 3 nitrogen and oxygen atoms in total. The minimum absolute atomic E-state index is 0.287. The summed E-state index contributed by atoms with van der Waals surface area (Å²) in [4.78, 5) is 16.3. The third-order valence-corrected chi connectivity index (χ3v) is 3.74. The standard InChI is InChI=1S/C11H20N2OS/c14-11(4-8-15)13-7-6-12-5-2-1-3-10(12)9-13/h10,15H,1-9H2. The first-order chi connectivity index (χ1) is 7.31. The van der Waals surface area contributed by atoms with Crippen molar-refractivity contribution in [1.82, 2.24) is 9.80 Å². The lowest BCUT2D eigenvalue weighted by atomic mass is 9.99. The summed E-state index contributed by atoms with van der Waals surface area (Å²) >= 11 is 4.11. The second kappa shape index (κ2) is 5.21. The largest absolute Gasteiger partial charge is 0.340 e. The van der Waals surface area contributed by atoms with Gasteiger partial charge in [-0.2, -0.15) is 12.6 Å². The summed E-state index contributed by atoms with van der Waals surface area (Å²) in [6, 6.07) is 0.636. The molecule has 0 bridgehead atoms. The van der Waals surface area contributed by atoms with Gasteiger partial charge in [0.05, 0.1) is 0 Å². The number of fused-ring (bicyclic) bond motifs is 1. The van der Waals surface area contributed by atoms with E-state index in [2.05, 4.69) is 17.5 Å². The number of amides is 1. The molecule has 1 unspecified atom stereocenters. The van der Waals surface area contributed by atoms with Gasteiger partial charge < -0.3 is 4.90 Å². The highest BCUT2D eigenvalue weighted by Gasteiger charge is 2.30. The lowest BCUT2D eigenvalue weighted by Gasteiger charge is -2.44. The zero-order valence-electron chi connectivity index (χ0n) is 9.19. The molecule has 2 aliphatic heterocycles. The Morgan fingerprint density at radius 1 is 1.27 bits per heavy atom. The minimum Gasteiger partial charge on any atom is -0.340 e. The number of piperidine rings is 1. The van der Waals surface area contributed by atoms with Gasteiger partial charge in [0.15, 0.2) is 0 Å². The molecule has 0 radical (unpaired) electrons. The molecule has 86 valence electrons. The quantitative estimate of drug-likeness (QED) is 0.713. The maximum atomic E-state index is 11.7. The van der Waals surface area contributed by atoms with Crippen LogP contribution >= 0.6 is 12.6 Å². The van der Waals surface area contributed by atoms with Gasteiger partial charge in [0, 0.05) is 32.1 Å². The average Bonchev–Trinajstić information content (AvgIpc) is 2.29. The van der Waals surface area contributed by atoms with Crippen LogP contribution in [-0.4, -0.2) is 53.7 Å². The van der Waals surface area contributed by atoms with Crippen LogP contribution in [0, 0.1) is 0 Å². The Morgan fingerprint density at radius 3 is 2.93 bits per heavy atom. The highest BCUT2D eigenvalue weighted by atomic mass is 32.1. The van der Waals surface area contributed by atoms with Crippen molar-refractivity contribution in [3.63, 3.8) is 0 Å². The van der Waals surface area contributed by atoms with E-state index in [4.69, 9.17) is 0 Å². The van der Waals surface area contributed by atoms with E-state index in [1.807, 2.05) is 4.90 Å². The fourth-order valence-electron chi connectivity index (χ4n) is 2.64. The number of thiol groups is 1. The third-order valence-electron chi connectivity index (χ3n) is 3.52. The highest BCUT2D eigenvalue weighted by Crippen LogP contribution is 2.21. The Hall–Kier alpha value is -0.220. The van der Waals surface area contributed by atoms with Crippen molar-refractivity contribution in [3.8, 4) is 0 Å². The van der Waals surface area contributed by atoms with Crippen molar-refractivity contribution in [3.05, 3.63) is 0 Å². The number of hydrogen-bond acceptors (Lipinski definition) is 3. The maximum Gasteiger partial charge on any atom is 0.223 e. The van der Waals surface area contributed by atoms with E-state index < -0.39 is 0 Å². The molecule has 2 saturated heterocycles. The number of carbonyl (C=O) groups excluding carboxylic acids is 1. The monoisotopic (exact) mass is 228 g/mol. The van der Waals surface area contributed by atoms with Crippen LogP contribution in [0.15, 0.2) is 0 Å². The molecule has 0 aromatic carbocycles. The van der Waals surface area contributed by atoms with E-state index >= 15 is 0 Å². The first-order valence-corrected chi connectivity index (χ1v) is 6.57. The minimum atomic E-state index is 0.287. The van der Waals surface area contributed by atoms with Crippen LogP contribution in [0.5, 0.6) is 0 Å². The first-order valence-electron chi connectivity index (χ1n) is 5.94. The van der Waals surface area contributed by atoms with Crippen molar-refractivity contribution in [2.24, 2.45) is 0 Å². The fraction of sp³-hybridized carbons (Fsp3) is 0.909. The van der Waals surface area contributed by atoms with Crippen molar-refractivity contribution < 1.29 is 4.79 Å². The molecular formula is C11H20N2OS. The van der Waals surface area contributed by atoms with Gasteiger partial charge in [0.2, 0.25) is 5.91 Å². The number of piperazine rings is 1. The Balaban J connectivity index is 1.87. The molecule has 0 aliphatic carbocycles. The van der Waals surface area contributed by atoms with Gasteiger partial charge in [-0.15, -0.1) is 0 Å². The van der Waals surface area contributed by atoms with Crippen LogP contribution < -0.4 is 0 Å². The highest BCUT2D eigenvalue weighted by molar-refractivity contribution is 7.80. The topological polar surface area (TPSA) is 23.6 Å². The molecule has 0 spiro atoms. The second-order valence-corrected chi connectivity index (χ2v) is 4.95. The third kappa shape index (κ3) is 2.67. The molecule has 4 heteroatoms. The molecular weight excluding hydrogens is 208 g/mol. The second-order valence-electron chi connectivity index (χ2n) is 4.50. The Morgan fingerprint density at radius 2 is 2.13 bits per heavy atom. The summed E-state index contributed by atoms with van der Waals surface area (Å²) in [5.41, 5.74) is 0. The fourth-order valence-corrected chi connectivity index (χ4v) is 2.83. The molecule has 0 aromatic heterocycles. The zero-order valence-corrected chi connectivity index (χ0v) is 10.1. The summed E-state index contributed by atoms with van der Waals surface area (Å²) in [5, 5.41) is 0. The lowest BCUT2D eigenvalue weighted by molar-refractivity contribution is -0.134. The maximum absolute atomic E-state index is 11.7. The lowest BCUT2D eigenvalue weighted by Crippen LogP contribution is -2.56. The van der Waals surface area contributed by atoms with Crippen molar-refractivity contribution in [2.75, 3.05) is 31.9 Å². The van der Waals surface area contributed by atoms with Gasteiger partial charge in [-0.05, 0) is 25.1 Å². The molecule has 0 aromatic rings. The van der Waals surface area contributed by atoms with Gasteiger partial charge in [0.1, 0.15) is 0 Å². The molecule has 2 rings (SSSR count). The van der Waals surface area contributed by atoms with Gasteiger partial charge in [-0.25, -0.2) is 0 Å². The first kappa shape index (κ1) is 11.3. The number of nitrogens with zero attached hydrogens (tertiary/aromatic N) is 2. The summed E-state index contributed by atoms with van der Waals surface area (Å²) in [6.07, 6.45) is 4.53. The Kier molecular flexibility index (Phi) is 3.92. The number of hydrogen-bond donors (Lipinski definition) is 1. The van der Waals surface area contributed by atoms with E-state index in [9.17, 15) is 4.79 Å². The molecule has 0 saturated carbocycles.